The summed E-state index contributed by atoms with van der Waals surface area (Å²) in [4.78, 5) is 0. The Bertz CT molecular complexity index is 335. The van der Waals surface area contributed by atoms with Crippen LogP contribution in [0.25, 0.3) is 0 Å². The topological polar surface area (TPSA) is 64.6 Å². The van der Waals surface area contributed by atoms with Gasteiger partial charge in [-0.15, -0.1) is 0 Å². The van der Waals surface area contributed by atoms with Gasteiger partial charge in [-0.05, 0) is 12.8 Å². The molecule has 0 amide bonds. The van der Waals surface area contributed by atoms with Crippen molar-refractivity contribution in [2.24, 2.45) is 0 Å². The number of hydrogen-bond donors (Lipinski definition) is 1. The van der Waals surface area contributed by atoms with E-state index in [0.29, 0.717) is 13.2 Å². The van der Waals surface area contributed by atoms with E-state index in [9.17, 15) is 8.42 Å². The van der Waals surface area contributed by atoms with Crippen LogP contribution in [0.3, 0.4) is 0 Å². The summed E-state index contributed by atoms with van der Waals surface area (Å²) < 4.78 is 35.9. The lowest BCUT2D eigenvalue weighted by Crippen LogP contribution is -2.36. The monoisotopic (exact) mass is 249 g/mol. The van der Waals surface area contributed by atoms with Gasteiger partial charge in [-0.1, -0.05) is 6.42 Å². The van der Waals surface area contributed by atoms with Crippen LogP contribution in [0.5, 0.6) is 0 Å². The van der Waals surface area contributed by atoms with Gasteiger partial charge in [-0.2, -0.15) is 0 Å². The first-order valence-corrected chi connectivity index (χ1v) is 7.65. The fourth-order valence-electron chi connectivity index (χ4n) is 2.31. The average Bonchev–Trinajstić information content (AvgIpc) is 2.59. The van der Waals surface area contributed by atoms with E-state index in [1.807, 2.05) is 0 Å². The molecular weight excluding hydrogens is 230 g/mol. The molecule has 1 heterocycles. The Morgan fingerprint density at radius 1 is 1.31 bits per heavy atom. The summed E-state index contributed by atoms with van der Waals surface area (Å²) in [6.45, 7) is 0.795. The molecule has 1 saturated heterocycles. The Morgan fingerprint density at radius 3 is 2.62 bits per heavy atom. The normalized spacial score (nSPS) is 29.7. The van der Waals surface area contributed by atoms with Crippen LogP contribution in [0.15, 0.2) is 0 Å². The van der Waals surface area contributed by atoms with E-state index >= 15 is 0 Å². The predicted molar refractivity (Wildman–Crippen MR) is 59.5 cm³/mol. The first kappa shape index (κ1) is 12.3. The molecule has 2 aliphatic rings. The SMILES string of the molecule is CS(=O)(=O)NC[C@@H]1COC2(CCCCC2)O1. The molecular formula is C10H19NO4S. The molecule has 1 aliphatic carbocycles. The molecule has 0 aromatic rings. The zero-order chi connectivity index (χ0) is 11.6. The third-order valence-corrected chi connectivity index (χ3v) is 3.79. The van der Waals surface area contributed by atoms with Crippen molar-refractivity contribution in [3.8, 4) is 0 Å². The predicted octanol–water partition coefficient (Wildman–Crippen LogP) is 0.611. The van der Waals surface area contributed by atoms with Crippen LogP contribution in [-0.2, 0) is 19.5 Å². The summed E-state index contributed by atoms with van der Waals surface area (Å²) in [5.74, 6) is -0.415. The van der Waals surface area contributed by atoms with Gasteiger partial charge >= 0.3 is 0 Å². The van der Waals surface area contributed by atoms with E-state index in [0.717, 1.165) is 31.9 Å². The van der Waals surface area contributed by atoms with Crippen LogP contribution in [0.4, 0.5) is 0 Å². The molecule has 0 bridgehead atoms. The summed E-state index contributed by atoms with van der Waals surface area (Å²) in [6, 6.07) is 0. The largest absolute Gasteiger partial charge is 0.347 e. The molecule has 1 atom stereocenters. The van der Waals surface area contributed by atoms with E-state index in [4.69, 9.17) is 9.47 Å². The smallest absolute Gasteiger partial charge is 0.208 e. The van der Waals surface area contributed by atoms with Crippen LogP contribution in [0.1, 0.15) is 32.1 Å². The van der Waals surface area contributed by atoms with Gasteiger partial charge < -0.3 is 9.47 Å². The lowest BCUT2D eigenvalue weighted by molar-refractivity contribution is -0.186. The lowest BCUT2D eigenvalue weighted by atomic mass is 9.94. The molecule has 2 fully saturated rings. The van der Waals surface area contributed by atoms with Gasteiger partial charge in [-0.3, -0.25) is 0 Å². The summed E-state index contributed by atoms with van der Waals surface area (Å²) in [5.41, 5.74) is 0. The Balaban J connectivity index is 1.83. The number of sulfonamides is 1. The third-order valence-electron chi connectivity index (χ3n) is 3.10. The molecule has 1 spiro atoms. The molecule has 0 aromatic carbocycles. The molecule has 0 aromatic heterocycles. The highest BCUT2D eigenvalue weighted by Gasteiger charge is 2.42. The molecule has 94 valence electrons. The number of rotatable bonds is 3. The van der Waals surface area contributed by atoms with Gasteiger partial charge in [-0.25, -0.2) is 13.1 Å². The number of nitrogens with one attached hydrogen (secondary N) is 1. The van der Waals surface area contributed by atoms with Crippen molar-refractivity contribution in [3.05, 3.63) is 0 Å². The minimum Gasteiger partial charge on any atom is -0.347 e. The Hall–Kier alpha value is -0.170. The molecule has 16 heavy (non-hydrogen) atoms. The van der Waals surface area contributed by atoms with Crippen molar-refractivity contribution in [2.45, 2.75) is 44.0 Å². The van der Waals surface area contributed by atoms with Gasteiger partial charge in [0.15, 0.2) is 5.79 Å². The lowest BCUT2D eigenvalue weighted by Gasteiger charge is -2.31. The molecule has 6 heteroatoms. The maximum atomic E-state index is 10.9. The standard InChI is InChI=1S/C10H19NO4S/c1-16(12,13)11-7-9-8-14-10(15-9)5-3-2-4-6-10/h9,11H,2-8H2,1H3/t9-/m1/s1. The van der Waals surface area contributed by atoms with Gasteiger partial charge in [0.25, 0.3) is 0 Å². The zero-order valence-corrected chi connectivity index (χ0v) is 10.4. The summed E-state index contributed by atoms with van der Waals surface area (Å²) >= 11 is 0. The first-order valence-electron chi connectivity index (χ1n) is 5.76. The molecule has 0 unspecified atom stereocenters. The minimum atomic E-state index is -3.14. The summed E-state index contributed by atoms with van der Waals surface area (Å²) in [5, 5.41) is 0. The maximum Gasteiger partial charge on any atom is 0.208 e. The van der Waals surface area contributed by atoms with Crippen LogP contribution >= 0.6 is 0 Å². The summed E-state index contributed by atoms with van der Waals surface area (Å²) in [6.07, 6.45) is 6.37. The van der Waals surface area contributed by atoms with Gasteiger partial charge in [0.2, 0.25) is 10.0 Å². The van der Waals surface area contributed by atoms with Crippen molar-refractivity contribution in [3.63, 3.8) is 0 Å². The molecule has 1 N–H and O–H groups in total. The highest BCUT2D eigenvalue weighted by atomic mass is 32.2. The number of ether oxygens (including phenoxy) is 2. The quantitative estimate of drug-likeness (QED) is 0.796. The van der Waals surface area contributed by atoms with E-state index in [1.165, 1.54) is 6.42 Å². The minimum absolute atomic E-state index is 0.146. The van der Waals surface area contributed by atoms with Crippen molar-refractivity contribution in [1.29, 1.82) is 0 Å². The first-order chi connectivity index (χ1) is 7.49. The van der Waals surface area contributed by atoms with Crippen molar-refractivity contribution < 1.29 is 17.9 Å². The van der Waals surface area contributed by atoms with Crippen molar-refractivity contribution in [2.75, 3.05) is 19.4 Å². The van der Waals surface area contributed by atoms with Gasteiger partial charge in [0.1, 0.15) is 0 Å². The third kappa shape index (κ3) is 3.16. The Labute approximate surface area is 96.5 Å². The van der Waals surface area contributed by atoms with E-state index in [-0.39, 0.29) is 6.10 Å². The molecule has 1 saturated carbocycles. The fourth-order valence-corrected chi connectivity index (χ4v) is 2.80. The van der Waals surface area contributed by atoms with Crippen molar-refractivity contribution in [1.82, 2.24) is 4.72 Å². The second-order valence-electron chi connectivity index (χ2n) is 4.64. The van der Waals surface area contributed by atoms with E-state index in [2.05, 4.69) is 4.72 Å². The van der Waals surface area contributed by atoms with Gasteiger partial charge in [0, 0.05) is 19.4 Å². The van der Waals surface area contributed by atoms with Crippen LogP contribution in [0, 0.1) is 0 Å². The fraction of sp³-hybridized carbons (Fsp3) is 1.00. The van der Waals surface area contributed by atoms with Crippen LogP contribution < -0.4 is 4.72 Å². The van der Waals surface area contributed by atoms with Gasteiger partial charge in [0.05, 0.1) is 19.0 Å². The second kappa shape index (κ2) is 4.60. The van der Waals surface area contributed by atoms with E-state index < -0.39 is 15.8 Å². The number of hydrogen-bond acceptors (Lipinski definition) is 4. The molecule has 5 nitrogen and oxygen atoms in total. The van der Waals surface area contributed by atoms with Crippen LogP contribution in [-0.4, -0.2) is 39.7 Å². The Kier molecular flexibility index (Phi) is 3.53. The highest BCUT2D eigenvalue weighted by molar-refractivity contribution is 7.88. The van der Waals surface area contributed by atoms with Crippen molar-refractivity contribution >= 4 is 10.0 Å². The summed E-state index contributed by atoms with van der Waals surface area (Å²) in [7, 11) is -3.14. The highest BCUT2D eigenvalue weighted by Crippen LogP contribution is 2.37. The van der Waals surface area contributed by atoms with Crippen LogP contribution in [0.2, 0.25) is 0 Å². The zero-order valence-electron chi connectivity index (χ0n) is 9.57. The average molecular weight is 249 g/mol. The Morgan fingerprint density at radius 2 is 2.00 bits per heavy atom. The molecule has 0 radical (unpaired) electrons. The van der Waals surface area contributed by atoms with E-state index in [1.54, 1.807) is 0 Å². The second-order valence-corrected chi connectivity index (χ2v) is 6.48. The molecule has 2 rings (SSSR count). The maximum absolute atomic E-state index is 10.9. The molecule has 1 aliphatic heterocycles.